The first-order valence-corrected chi connectivity index (χ1v) is 6.40. The highest BCUT2D eigenvalue weighted by molar-refractivity contribution is 5.46. The van der Waals surface area contributed by atoms with Gasteiger partial charge in [0.25, 0.3) is 0 Å². The van der Waals surface area contributed by atoms with Gasteiger partial charge in [-0.1, -0.05) is 79.2 Å². The summed E-state index contributed by atoms with van der Waals surface area (Å²) >= 11 is 0. The van der Waals surface area contributed by atoms with Crippen molar-refractivity contribution in [3.05, 3.63) is 77.4 Å². The molecule has 0 fully saturated rings. The van der Waals surface area contributed by atoms with E-state index >= 15 is 0 Å². The number of aryl methyl sites for hydroxylation is 3. The number of hydrogen-bond acceptors (Lipinski definition) is 0. The first kappa shape index (κ1) is 14.2. The van der Waals surface area contributed by atoms with Crippen LogP contribution in [0.3, 0.4) is 0 Å². The maximum atomic E-state index is 3.66. The van der Waals surface area contributed by atoms with Gasteiger partial charge in [0.1, 0.15) is 0 Å². The molecule has 18 heavy (non-hydrogen) atoms. The molecular formula is C18H22. The Morgan fingerprint density at radius 1 is 0.944 bits per heavy atom. The minimum atomic E-state index is 1.14. The van der Waals surface area contributed by atoms with Crippen molar-refractivity contribution in [2.24, 2.45) is 0 Å². The summed E-state index contributed by atoms with van der Waals surface area (Å²) in [6.45, 7) is 10.0. The molecule has 0 nitrogen and oxygen atoms in total. The molecule has 94 valence electrons. The van der Waals surface area contributed by atoms with Crippen LogP contribution in [0.15, 0.2) is 55.1 Å². The molecule has 0 heterocycles. The Hall–Kier alpha value is -1.82. The lowest BCUT2D eigenvalue weighted by molar-refractivity contribution is 1.13. The summed E-state index contributed by atoms with van der Waals surface area (Å²) in [6.07, 6.45) is 2.99. The molecule has 0 aliphatic rings. The van der Waals surface area contributed by atoms with Crippen molar-refractivity contribution >= 4 is 6.08 Å². The monoisotopic (exact) mass is 238 g/mol. The van der Waals surface area contributed by atoms with Crippen molar-refractivity contribution in [2.75, 3.05) is 0 Å². The minimum Gasteiger partial charge on any atom is -0.0985 e. The standard InChI is InChI=1S/C9H10.C9H12/c1-3-9-6-4-8(2)5-7-9;1-3-9-6-4-5-8(2)7-9/h3-7H,1H2,2H3;4-7H,3H2,1-2H3. The molecular weight excluding hydrogens is 216 g/mol. The Morgan fingerprint density at radius 2 is 1.61 bits per heavy atom. The molecule has 0 unspecified atom stereocenters. The lowest BCUT2D eigenvalue weighted by atomic mass is 10.1. The molecule has 0 radical (unpaired) electrons. The van der Waals surface area contributed by atoms with Crippen molar-refractivity contribution < 1.29 is 0 Å². The second kappa shape index (κ2) is 7.50. The van der Waals surface area contributed by atoms with Crippen LogP contribution in [0.4, 0.5) is 0 Å². The van der Waals surface area contributed by atoms with Crippen LogP contribution in [0, 0.1) is 13.8 Å². The third kappa shape index (κ3) is 5.01. The Labute approximate surface area is 111 Å². The molecule has 2 rings (SSSR count). The van der Waals surface area contributed by atoms with Gasteiger partial charge >= 0.3 is 0 Å². The quantitative estimate of drug-likeness (QED) is 0.675. The molecule has 0 aliphatic carbocycles. The summed E-state index contributed by atoms with van der Waals surface area (Å²) < 4.78 is 0. The molecule has 0 N–H and O–H groups in total. The largest absolute Gasteiger partial charge is 0.0985 e. The second-order valence-electron chi connectivity index (χ2n) is 4.46. The molecule has 0 saturated carbocycles. The smallest absolute Gasteiger partial charge is 0.0262 e. The first-order valence-electron chi connectivity index (χ1n) is 6.40. The van der Waals surface area contributed by atoms with Crippen LogP contribution < -0.4 is 0 Å². The Kier molecular flexibility index (Phi) is 5.93. The van der Waals surface area contributed by atoms with E-state index in [-0.39, 0.29) is 0 Å². The van der Waals surface area contributed by atoms with E-state index in [2.05, 4.69) is 75.9 Å². The summed E-state index contributed by atoms with van der Waals surface area (Å²) in [6, 6.07) is 16.9. The van der Waals surface area contributed by atoms with E-state index in [0.717, 1.165) is 6.42 Å². The van der Waals surface area contributed by atoms with Crippen molar-refractivity contribution in [1.82, 2.24) is 0 Å². The maximum Gasteiger partial charge on any atom is -0.0262 e. The van der Waals surface area contributed by atoms with Gasteiger partial charge in [0.2, 0.25) is 0 Å². The van der Waals surface area contributed by atoms with Gasteiger partial charge in [-0.3, -0.25) is 0 Å². The molecule has 2 aromatic carbocycles. The highest BCUT2D eigenvalue weighted by atomic mass is 13.9. The fourth-order valence-electron chi connectivity index (χ4n) is 1.63. The van der Waals surface area contributed by atoms with Crippen LogP contribution >= 0.6 is 0 Å². The van der Waals surface area contributed by atoms with Crippen molar-refractivity contribution in [3.63, 3.8) is 0 Å². The fourth-order valence-corrected chi connectivity index (χ4v) is 1.63. The van der Waals surface area contributed by atoms with Gasteiger partial charge in [-0.25, -0.2) is 0 Å². The summed E-state index contributed by atoms with van der Waals surface area (Å²) in [7, 11) is 0. The SMILES string of the molecule is C=Cc1ccc(C)cc1.CCc1cccc(C)c1. The summed E-state index contributed by atoms with van der Waals surface area (Å²) in [4.78, 5) is 0. The van der Waals surface area contributed by atoms with E-state index in [0.29, 0.717) is 0 Å². The molecule has 0 heteroatoms. The zero-order valence-electron chi connectivity index (χ0n) is 11.6. The molecule has 2 aromatic rings. The van der Waals surface area contributed by atoms with Crippen LogP contribution in [0.5, 0.6) is 0 Å². The molecule has 0 amide bonds. The van der Waals surface area contributed by atoms with Gasteiger partial charge in [-0.2, -0.15) is 0 Å². The third-order valence-electron chi connectivity index (χ3n) is 2.80. The van der Waals surface area contributed by atoms with E-state index < -0.39 is 0 Å². The number of hydrogen-bond donors (Lipinski definition) is 0. The van der Waals surface area contributed by atoms with Gasteiger partial charge < -0.3 is 0 Å². The lowest BCUT2D eigenvalue weighted by Gasteiger charge is -1.95. The van der Waals surface area contributed by atoms with Crippen LogP contribution in [0.2, 0.25) is 0 Å². The Bertz CT molecular complexity index is 478. The predicted molar refractivity (Wildman–Crippen MR) is 81.8 cm³/mol. The predicted octanol–water partition coefficient (Wildman–Crippen LogP) is 5.20. The lowest BCUT2D eigenvalue weighted by Crippen LogP contribution is -1.78. The summed E-state index contributed by atoms with van der Waals surface area (Å²) in [5, 5.41) is 0. The fraction of sp³-hybridized carbons (Fsp3) is 0.222. The van der Waals surface area contributed by atoms with E-state index in [9.17, 15) is 0 Å². The minimum absolute atomic E-state index is 1.14. The molecule has 0 aromatic heterocycles. The average molecular weight is 238 g/mol. The first-order chi connectivity index (χ1) is 8.65. The maximum absolute atomic E-state index is 3.66. The van der Waals surface area contributed by atoms with E-state index in [4.69, 9.17) is 0 Å². The van der Waals surface area contributed by atoms with Crippen LogP contribution in [-0.4, -0.2) is 0 Å². The molecule has 0 saturated heterocycles. The highest BCUT2D eigenvalue weighted by Crippen LogP contribution is 2.03. The van der Waals surface area contributed by atoms with Crippen LogP contribution in [-0.2, 0) is 6.42 Å². The zero-order chi connectivity index (χ0) is 13.4. The van der Waals surface area contributed by atoms with Crippen LogP contribution in [0.1, 0.15) is 29.2 Å². The van der Waals surface area contributed by atoms with Crippen LogP contribution in [0.25, 0.3) is 6.08 Å². The van der Waals surface area contributed by atoms with Crippen molar-refractivity contribution in [1.29, 1.82) is 0 Å². The molecule has 0 atom stereocenters. The Balaban J connectivity index is 0.000000180. The zero-order valence-corrected chi connectivity index (χ0v) is 11.6. The van der Waals surface area contributed by atoms with Gasteiger partial charge in [0, 0.05) is 0 Å². The average Bonchev–Trinajstić information content (AvgIpc) is 2.40. The topological polar surface area (TPSA) is 0 Å². The van der Waals surface area contributed by atoms with Gasteiger partial charge in [-0.15, -0.1) is 0 Å². The highest BCUT2D eigenvalue weighted by Gasteiger charge is 1.86. The Morgan fingerprint density at radius 3 is 2.06 bits per heavy atom. The van der Waals surface area contributed by atoms with Gasteiger partial charge in [0.15, 0.2) is 0 Å². The summed E-state index contributed by atoms with van der Waals surface area (Å²) in [5.74, 6) is 0. The normalized spacial score (nSPS) is 9.28. The van der Waals surface area contributed by atoms with Crippen molar-refractivity contribution in [2.45, 2.75) is 27.2 Å². The number of rotatable bonds is 2. The van der Waals surface area contributed by atoms with Crippen molar-refractivity contribution in [3.8, 4) is 0 Å². The van der Waals surface area contributed by atoms with Gasteiger partial charge in [-0.05, 0) is 31.4 Å². The van der Waals surface area contributed by atoms with E-state index in [1.165, 1.54) is 22.3 Å². The van der Waals surface area contributed by atoms with E-state index in [1.807, 2.05) is 6.08 Å². The van der Waals surface area contributed by atoms with Gasteiger partial charge in [0.05, 0.1) is 0 Å². The number of benzene rings is 2. The van der Waals surface area contributed by atoms with E-state index in [1.54, 1.807) is 0 Å². The summed E-state index contributed by atoms with van der Waals surface area (Å²) in [5.41, 5.74) is 5.26. The molecule has 0 bridgehead atoms. The second-order valence-corrected chi connectivity index (χ2v) is 4.46. The molecule has 0 aliphatic heterocycles. The third-order valence-corrected chi connectivity index (χ3v) is 2.80. The molecule has 0 spiro atoms.